The lowest BCUT2D eigenvalue weighted by molar-refractivity contribution is 0.0860. The van der Waals surface area contributed by atoms with Crippen molar-refractivity contribution in [3.8, 4) is 0 Å². The van der Waals surface area contributed by atoms with Crippen molar-refractivity contribution in [2.45, 2.75) is 96.0 Å². The Kier molecular flexibility index (Phi) is 11.9. The highest BCUT2D eigenvalue weighted by Gasteiger charge is 2.28. The van der Waals surface area contributed by atoms with Crippen molar-refractivity contribution >= 4 is 11.5 Å². The zero-order valence-electron chi connectivity index (χ0n) is 20.2. The van der Waals surface area contributed by atoms with Gasteiger partial charge in [-0.2, -0.15) is 0 Å². The van der Waals surface area contributed by atoms with Gasteiger partial charge in [-0.05, 0) is 12.8 Å². The highest BCUT2D eigenvalue weighted by molar-refractivity contribution is 5.71. The maximum atomic E-state index is 12.1. The van der Waals surface area contributed by atoms with Crippen molar-refractivity contribution in [1.82, 2.24) is 9.55 Å². The summed E-state index contributed by atoms with van der Waals surface area (Å²) in [6.45, 7) is 1.41. The van der Waals surface area contributed by atoms with Gasteiger partial charge in [0.1, 0.15) is 11.5 Å². The summed E-state index contributed by atoms with van der Waals surface area (Å²) in [5.41, 5.74) is -0.0643. The summed E-state index contributed by atoms with van der Waals surface area (Å²) in [6.07, 6.45) is 16.2. The number of nitrogens with zero attached hydrogens (tertiary/aromatic N) is 3. The topological polar surface area (TPSA) is 102 Å². The average Bonchev–Trinajstić information content (AvgIpc) is 3.11. The molecule has 0 fully saturated rings. The van der Waals surface area contributed by atoms with Gasteiger partial charge >= 0.3 is 5.69 Å². The van der Waals surface area contributed by atoms with Crippen molar-refractivity contribution < 1.29 is 10.2 Å². The molecule has 0 aliphatic carbocycles. The zero-order chi connectivity index (χ0) is 23.3. The summed E-state index contributed by atoms with van der Waals surface area (Å²) in [4.78, 5) is 30.5. The third-order valence-electron chi connectivity index (χ3n) is 6.51. The lowest BCUT2D eigenvalue weighted by Crippen LogP contribution is -2.32. The van der Waals surface area contributed by atoms with Gasteiger partial charge in [0.2, 0.25) is 0 Å². The van der Waals surface area contributed by atoms with Crippen LogP contribution in [0, 0.1) is 0 Å². The second-order valence-corrected chi connectivity index (χ2v) is 9.31. The molecule has 8 heteroatoms. The molecule has 3 N–H and O–H groups in total. The molecule has 184 valence electrons. The van der Waals surface area contributed by atoms with E-state index >= 15 is 0 Å². The largest absolute Gasteiger partial charge is 0.394 e. The Morgan fingerprint density at radius 3 is 1.88 bits per heavy atom. The first kappa shape index (κ1) is 26.5. The van der Waals surface area contributed by atoms with Crippen LogP contribution in [0.15, 0.2) is 9.59 Å². The zero-order valence-corrected chi connectivity index (χ0v) is 20.2. The van der Waals surface area contributed by atoms with Crippen LogP contribution in [0.4, 0.5) is 11.5 Å². The number of nitrogens with one attached hydrogen (secondary N) is 1. The summed E-state index contributed by atoms with van der Waals surface area (Å²) >= 11 is 0. The van der Waals surface area contributed by atoms with Gasteiger partial charge < -0.3 is 20.0 Å². The number of aliphatic hydroxyl groups excluding tert-OH is 2. The Balaban J connectivity index is 1.46. The number of hydrogen-bond acceptors (Lipinski definition) is 6. The van der Waals surface area contributed by atoms with E-state index in [-0.39, 0.29) is 17.9 Å². The molecule has 0 spiro atoms. The van der Waals surface area contributed by atoms with Gasteiger partial charge in [-0.25, -0.2) is 4.79 Å². The molecule has 0 saturated heterocycles. The smallest absolute Gasteiger partial charge is 0.329 e. The number of anilines is 2. The third-order valence-corrected chi connectivity index (χ3v) is 6.51. The second-order valence-electron chi connectivity index (χ2n) is 9.31. The Morgan fingerprint density at radius 2 is 1.34 bits per heavy atom. The average molecular weight is 453 g/mol. The molecule has 2 rings (SSSR count). The van der Waals surface area contributed by atoms with Crippen molar-refractivity contribution in [3.63, 3.8) is 0 Å². The van der Waals surface area contributed by atoms with Crippen LogP contribution in [-0.2, 0) is 7.05 Å². The standard InChI is InChI=1S/C24H44N4O4/c1-26-19-28(23-21(26)22(31)25-24(32)27(23)2)17-15-13-11-9-7-5-3-4-6-8-10-12-14-16-20(30)18-29/h20,29-30H,3-19H2,1-2H3,(H,25,31,32). The number of unbranched alkanes of at least 4 members (excludes halogenated alkanes) is 12. The quantitative estimate of drug-likeness (QED) is 0.314. The Bertz CT molecular complexity index is 776. The van der Waals surface area contributed by atoms with Crippen LogP contribution < -0.4 is 21.0 Å². The van der Waals surface area contributed by atoms with Gasteiger partial charge in [0.25, 0.3) is 5.56 Å². The maximum absolute atomic E-state index is 12.1. The van der Waals surface area contributed by atoms with Gasteiger partial charge in [-0.1, -0.05) is 77.0 Å². The molecule has 0 saturated carbocycles. The fraction of sp³-hybridized carbons (Fsp3) is 0.833. The first-order chi connectivity index (χ1) is 15.5. The number of aromatic amines is 1. The summed E-state index contributed by atoms with van der Waals surface area (Å²) in [6, 6.07) is 0. The minimum absolute atomic E-state index is 0.116. The Labute approximate surface area is 192 Å². The normalized spacial score (nSPS) is 14.2. The first-order valence-electron chi connectivity index (χ1n) is 12.5. The molecule has 0 bridgehead atoms. The number of aromatic nitrogens is 2. The van der Waals surface area contributed by atoms with E-state index in [0.29, 0.717) is 12.4 Å². The Morgan fingerprint density at radius 1 is 0.844 bits per heavy atom. The van der Waals surface area contributed by atoms with Crippen LogP contribution in [0.5, 0.6) is 0 Å². The first-order valence-corrected chi connectivity index (χ1v) is 12.5. The van der Waals surface area contributed by atoms with Gasteiger partial charge in [-0.3, -0.25) is 14.3 Å². The van der Waals surface area contributed by atoms with E-state index in [0.717, 1.165) is 38.0 Å². The highest BCUT2D eigenvalue weighted by Crippen LogP contribution is 2.29. The van der Waals surface area contributed by atoms with E-state index in [2.05, 4.69) is 9.88 Å². The molecule has 0 radical (unpaired) electrons. The predicted octanol–water partition coefficient (Wildman–Crippen LogP) is 3.10. The van der Waals surface area contributed by atoms with E-state index in [4.69, 9.17) is 5.11 Å². The summed E-state index contributed by atoms with van der Waals surface area (Å²) < 4.78 is 1.54. The molecular formula is C24H44N4O4. The highest BCUT2D eigenvalue weighted by atomic mass is 16.3. The SMILES string of the molecule is CN1CN(CCCCCCCCCCCCCCCC(O)CO)c2c1c(=O)[nH]c(=O)n2C. The summed E-state index contributed by atoms with van der Waals surface area (Å²) in [7, 11) is 3.61. The van der Waals surface area contributed by atoms with Gasteiger partial charge in [0.15, 0.2) is 0 Å². The number of hydrogen-bond donors (Lipinski definition) is 3. The van der Waals surface area contributed by atoms with Crippen LogP contribution in [0.25, 0.3) is 0 Å². The van der Waals surface area contributed by atoms with E-state index in [1.807, 2.05) is 11.9 Å². The monoisotopic (exact) mass is 452 g/mol. The van der Waals surface area contributed by atoms with Crippen molar-refractivity contribution in [3.05, 3.63) is 20.8 Å². The fourth-order valence-electron chi connectivity index (χ4n) is 4.59. The molecule has 1 aliphatic rings. The molecular weight excluding hydrogens is 408 g/mol. The van der Waals surface area contributed by atoms with Gasteiger partial charge in [0.05, 0.1) is 19.4 Å². The van der Waals surface area contributed by atoms with E-state index in [1.165, 1.54) is 64.2 Å². The van der Waals surface area contributed by atoms with Crippen LogP contribution in [0.2, 0.25) is 0 Å². The van der Waals surface area contributed by atoms with E-state index < -0.39 is 6.10 Å². The Hall–Kier alpha value is -1.80. The second kappa shape index (κ2) is 14.4. The molecule has 32 heavy (non-hydrogen) atoms. The minimum Gasteiger partial charge on any atom is -0.394 e. The molecule has 1 aliphatic heterocycles. The minimum atomic E-state index is -0.533. The number of rotatable bonds is 17. The third kappa shape index (κ3) is 8.28. The molecule has 0 aromatic carbocycles. The fourth-order valence-corrected chi connectivity index (χ4v) is 4.59. The molecule has 1 aromatic rings. The molecule has 0 amide bonds. The number of aliphatic hydroxyl groups is 2. The van der Waals surface area contributed by atoms with E-state index in [9.17, 15) is 14.7 Å². The van der Waals surface area contributed by atoms with Crippen LogP contribution in [-0.4, -0.2) is 52.7 Å². The molecule has 8 nitrogen and oxygen atoms in total. The van der Waals surface area contributed by atoms with Crippen molar-refractivity contribution in [2.75, 3.05) is 36.7 Å². The summed E-state index contributed by atoms with van der Waals surface area (Å²) in [5.74, 6) is 0.740. The van der Waals surface area contributed by atoms with Gasteiger partial charge in [0, 0.05) is 20.6 Å². The lowest BCUT2D eigenvalue weighted by atomic mass is 10.0. The number of fused-ring (bicyclic) bond motifs is 1. The summed E-state index contributed by atoms with van der Waals surface area (Å²) in [5, 5.41) is 18.1. The van der Waals surface area contributed by atoms with Crippen LogP contribution in [0.1, 0.15) is 89.9 Å². The van der Waals surface area contributed by atoms with Gasteiger partial charge in [-0.15, -0.1) is 0 Å². The maximum Gasteiger partial charge on any atom is 0.329 e. The number of H-pyrrole nitrogens is 1. The lowest BCUT2D eigenvalue weighted by Gasteiger charge is -2.20. The van der Waals surface area contributed by atoms with Crippen LogP contribution in [0.3, 0.4) is 0 Å². The van der Waals surface area contributed by atoms with Crippen molar-refractivity contribution in [2.24, 2.45) is 7.05 Å². The molecule has 1 atom stereocenters. The van der Waals surface area contributed by atoms with Crippen molar-refractivity contribution in [1.29, 1.82) is 0 Å². The van der Waals surface area contributed by atoms with Crippen LogP contribution >= 0.6 is 0 Å². The molecule has 1 aromatic heterocycles. The molecule has 1 unspecified atom stereocenters. The molecule has 2 heterocycles. The van der Waals surface area contributed by atoms with E-state index in [1.54, 1.807) is 11.6 Å². The predicted molar refractivity (Wildman–Crippen MR) is 131 cm³/mol.